The Morgan fingerprint density at radius 2 is 1.80 bits per heavy atom. The van der Waals surface area contributed by atoms with E-state index in [1.54, 1.807) is 37.4 Å². The molecule has 0 bridgehead atoms. The molecule has 0 saturated carbocycles. The zero-order valence-electron chi connectivity index (χ0n) is 14.3. The molecular formula is C19H21N3O3. The summed E-state index contributed by atoms with van der Waals surface area (Å²) in [5, 5.41) is 6.70. The Labute approximate surface area is 146 Å². The Kier molecular flexibility index (Phi) is 6.71. The van der Waals surface area contributed by atoms with Crippen LogP contribution in [0.3, 0.4) is 0 Å². The van der Waals surface area contributed by atoms with Gasteiger partial charge in [-0.1, -0.05) is 19.1 Å². The van der Waals surface area contributed by atoms with E-state index in [-0.39, 0.29) is 11.8 Å². The van der Waals surface area contributed by atoms with Gasteiger partial charge in [0.15, 0.2) is 0 Å². The standard InChI is InChI=1S/C19H21N3O3/c1-3-18(23)21-16-11-9-14(10-12-16)19(24)22-20-13-15-7-5-6-8-17(15)25-4-2/h5-13H,3-4H2,1-2H3,(H,21,23)(H,22,24)/b20-13+. The summed E-state index contributed by atoms with van der Waals surface area (Å²) in [5.74, 6) is 0.298. The molecule has 0 atom stereocenters. The number of hydrazone groups is 1. The minimum absolute atomic E-state index is 0.0743. The van der Waals surface area contributed by atoms with Crippen molar-refractivity contribution >= 4 is 23.7 Å². The van der Waals surface area contributed by atoms with E-state index in [0.29, 0.717) is 30.0 Å². The van der Waals surface area contributed by atoms with E-state index in [9.17, 15) is 9.59 Å². The second-order valence-corrected chi connectivity index (χ2v) is 5.15. The Bertz CT molecular complexity index is 755. The van der Waals surface area contributed by atoms with Crippen molar-refractivity contribution in [1.82, 2.24) is 5.43 Å². The first kappa shape index (κ1) is 18.2. The van der Waals surface area contributed by atoms with E-state index in [2.05, 4.69) is 15.8 Å². The lowest BCUT2D eigenvalue weighted by Crippen LogP contribution is -2.17. The highest BCUT2D eigenvalue weighted by molar-refractivity contribution is 5.96. The normalized spacial score (nSPS) is 10.5. The van der Waals surface area contributed by atoms with Crippen molar-refractivity contribution in [1.29, 1.82) is 0 Å². The average Bonchev–Trinajstić information content (AvgIpc) is 2.63. The molecule has 2 aromatic carbocycles. The van der Waals surface area contributed by atoms with Crippen LogP contribution in [-0.2, 0) is 4.79 Å². The van der Waals surface area contributed by atoms with Gasteiger partial charge in [-0.05, 0) is 43.3 Å². The van der Waals surface area contributed by atoms with Gasteiger partial charge >= 0.3 is 0 Å². The number of para-hydroxylation sites is 1. The van der Waals surface area contributed by atoms with Gasteiger partial charge in [0.05, 0.1) is 12.8 Å². The molecule has 0 aliphatic rings. The average molecular weight is 339 g/mol. The summed E-state index contributed by atoms with van der Waals surface area (Å²) in [6, 6.07) is 14.1. The molecule has 0 spiro atoms. The summed E-state index contributed by atoms with van der Waals surface area (Å²) in [6.45, 7) is 4.24. The Hall–Kier alpha value is -3.15. The molecule has 0 aliphatic heterocycles. The number of ether oxygens (including phenoxy) is 1. The van der Waals surface area contributed by atoms with Gasteiger partial charge in [0.1, 0.15) is 5.75 Å². The van der Waals surface area contributed by atoms with Crippen molar-refractivity contribution < 1.29 is 14.3 Å². The minimum atomic E-state index is -0.335. The Morgan fingerprint density at radius 1 is 1.08 bits per heavy atom. The van der Waals surface area contributed by atoms with Crippen LogP contribution in [0.5, 0.6) is 5.75 Å². The van der Waals surface area contributed by atoms with E-state index in [1.807, 2.05) is 31.2 Å². The first-order valence-electron chi connectivity index (χ1n) is 8.09. The molecule has 2 N–H and O–H groups in total. The second kappa shape index (κ2) is 9.22. The molecule has 2 rings (SSSR count). The number of hydrogen-bond donors (Lipinski definition) is 2. The molecule has 0 saturated heterocycles. The molecule has 130 valence electrons. The molecule has 0 unspecified atom stereocenters. The highest BCUT2D eigenvalue weighted by atomic mass is 16.5. The predicted octanol–water partition coefficient (Wildman–Crippen LogP) is 3.20. The van der Waals surface area contributed by atoms with E-state index < -0.39 is 0 Å². The number of nitrogens with zero attached hydrogens (tertiary/aromatic N) is 1. The largest absolute Gasteiger partial charge is 0.493 e. The lowest BCUT2D eigenvalue weighted by molar-refractivity contribution is -0.115. The number of rotatable bonds is 7. The van der Waals surface area contributed by atoms with E-state index >= 15 is 0 Å². The molecule has 2 amide bonds. The number of nitrogens with one attached hydrogen (secondary N) is 2. The number of anilines is 1. The fraction of sp³-hybridized carbons (Fsp3) is 0.211. The Balaban J connectivity index is 1.97. The molecule has 2 aromatic rings. The number of carbonyl (C=O) groups is 2. The van der Waals surface area contributed by atoms with Gasteiger partial charge in [0, 0.05) is 23.2 Å². The van der Waals surface area contributed by atoms with Crippen molar-refractivity contribution in [3.05, 3.63) is 59.7 Å². The van der Waals surface area contributed by atoms with Crippen LogP contribution in [-0.4, -0.2) is 24.6 Å². The lowest BCUT2D eigenvalue weighted by Gasteiger charge is -2.06. The van der Waals surface area contributed by atoms with Crippen LogP contribution in [0.4, 0.5) is 5.69 Å². The SMILES string of the molecule is CCOc1ccccc1/C=N/NC(=O)c1ccc(NC(=O)CC)cc1. The molecule has 0 heterocycles. The Morgan fingerprint density at radius 3 is 2.48 bits per heavy atom. The summed E-state index contributed by atoms with van der Waals surface area (Å²) in [7, 11) is 0. The van der Waals surface area contributed by atoms with Crippen LogP contribution in [0.1, 0.15) is 36.2 Å². The van der Waals surface area contributed by atoms with Gasteiger partial charge in [-0.25, -0.2) is 5.43 Å². The first-order chi connectivity index (χ1) is 12.1. The van der Waals surface area contributed by atoms with Crippen molar-refractivity contribution in [3.63, 3.8) is 0 Å². The van der Waals surface area contributed by atoms with Crippen molar-refractivity contribution in [3.8, 4) is 5.75 Å². The molecule has 0 radical (unpaired) electrons. The fourth-order valence-corrected chi connectivity index (χ4v) is 2.05. The highest BCUT2D eigenvalue weighted by Gasteiger charge is 2.05. The van der Waals surface area contributed by atoms with Gasteiger partial charge in [0.25, 0.3) is 5.91 Å². The summed E-state index contributed by atoms with van der Waals surface area (Å²) >= 11 is 0. The zero-order valence-corrected chi connectivity index (χ0v) is 14.3. The lowest BCUT2D eigenvalue weighted by atomic mass is 10.2. The summed E-state index contributed by atoms with van der Waals surface area (Å²) in [5.41, 5.74) is 4.36. The quantitative estimate of drug-likeness (QED) is 0.600. The predicted molar refractivity (Wildman–Crippen MR) is 98.0 cm³/mol. The number of amides is 2. The van der Waals surface area contributed by atoms with Crippen LogP contribution in [0.2, 0.25) is 0 Å². The summed E-state index contributed by atoms with van der Waals surface area (Å²) < 4.78 is 5.49. The second-order valence-electron chi connectivity index (χ2n) is 5.15. The molecule has 0 aromatic heterocycles. The van der Waals surface area contributed by atoms with Gasteiger partial charge in [-0.15, -0.1) is 0 Å². The molecule has 25 heavy (non-hydrogen) atoms. The van der Waals surface area contributed by atoms with Crippen molar-refractivity contribution in [2.24, 2.45) is 5.10 Å². The maximum atomic E-state index is 12.1. The number of hydrogen-bond acceptors (Lipinski definition) is 4. The number of benzene rings is 2. The van der Waals surface area contributed by atoms with Crippen LogP contribution in [0.15, 0.2) is 53.6 Å². The molecule has 6 heteroatoms. The molecule has 0 fully saturated rings. The fourth-order valence-electron chi connectivity index (χ4n) is 2.05. The number of carbonyl (C=O) groups excluding carboxylic acids is 2. The van der Waals surface area contributed by atoms with Crippen LogP contribution < -0.4 is 15.5 Å². The van der Waals surface area contributed by atoms with Crippen molar-refractivity contribution in [2.75, 3.05) is 11.9 Å². The van der Waals surface area contributed by atoms with Crippen LogP contribution >= 0.6 is 0 Å². The monoisotopic (exact) mass is 339 g/mol. The molecular weight excluding hydrogens is 318 g/mol. The maximum Gasteiger partial charge on any atom is 0.271 e. The van der Waals surface area contributed by atoms with Gasteiger partial charge in [-0.3, -0.25) is 9.59 Å². The highest BCUT2D eigenvalue weighted by Crippen LogP contribution is 2.15. The van der Waals surface area contributed by atoms with Crippen LogP contribution in [0, 0.1) is 0 Å². The van der Waals surface area contributed by atoms with Gasteiger partial charge in [0.2, 0.25) is 5.91 Å². The van der Waals surface area contributed by atoms with Crippen molar-refractivity contribution in [2.45, 2.75) is 20.3 Å². The molecule has 6 nitrogen and oxygen atoms in total. The van der Waals surface area contributed by atoms with E-state index in [0.717, 1.165) is 5.56 Å². The van der Waals surface area contributed by atoms with Gasteiger partial charge in [-0.2, -0.15) is 5.10 Å². The summed E-state index contributed by atoms with van der Waals surface area (Å²) in [4.78, 5) is 23.4. The first-order valence-corrected chi connectivity index (χ1v) is 8.09. The minimum Gasteiger partial charge on any atom is -0.493 e. The topological polar surface area (TPSA) is 79.8 Å². The summed E-state index contributed by atoms with van der Waals surface area (Å²) in [6.07, 6.45) is 1.94. The van der Waals surface area contributed by atoms with Crippen LogP contribution in [0.25, 0.3) is 0 Å². The third-order valence-corrected chi connectivity index (χ3v) is 3.34. The smallest absolute Gasteiger partial charge is 0.271 e. The third-order valence-electron chi connectivity index (χ3n) is 3.34. The van der Waals surface area contributed by atoms with E-state index in [1.165, 1.54) is 0 Å². The maximum absolute atomic E-state index is 12.1. The zero-order chi connectivity index (χ0) is 18.1. The third kappa shape index (κ3) is 5.46. The molecule has 0 aliphatic carbocycles. The van der Waals surface area contributed by atoms with Gasteiger partial charge < -0.3 is 10.1 Å². The van der Waals surface area contributed by atoms with E-state index in [4.69, 9.17) is 4.74 Å².